The van der Waals surface area contributed by atoms with E-state index in [1.807, 2.05) is 0 Å². The second-order valence-electron chi connectivity index (χ2n) is 5.35. The van der Waals surface area contributed by atoms with Crippen LogP contribution in [0.15, 0.2) is 28.2 Å². The Morgan fingerprint density at radius 2 is 2.18 bits per heavy atom. The van der Waals surface area contributed by atoms with Crippen molar-refractivity contribution in [3.8, 4) is 10.8 Å². The van der Waals surface area contributed by atoms with E-state index in [1.54, 1.807) is 28.7 Å². The topological polar surface area (TPSA) is 89.4 Å². The third kappa shape index (κ3) is 3.04. The molecule has 2 aromatic rings. The molecule has 6 nitrogen and oxygen atoms in total. The van der Waals surface area contributed by atoms with Crippen LogP contribution in [0.2, 0.25) is 0 Å². The number of thiazole rings is 1. The van der Waals surface area contributed by atoms with E-state index in [4.69, 9.17) is 10.2 Å². The third-order valence-electron chi connectivity index (χ3n) is 3.81. The maximum absolute atomic E-state index is 12.7. The average Bonchev–Trinajstić information content (AvgIpc) is 3.25. The molecule has 1 aliphatic rings. The first-order valence-electron chi connectivity index (χ1n) is 7.24. The number of nitrogens with zero attached hydrogens (tertiary/aromatic N) is 2. The van der Waals surface area contributed by atoms with Crippen molar-refractivity contribution in [1.29, 1.82) is 0 Å². The molecule has 116 valence electrons. The van der Waals surface area contributed by atoms with Crippen LogP contribution in [0.1, 0.15) is 36.2 Å². The Labute approximate surface area is 131 Å². The number of carbonyl (C=O) groups excluding carboxylic acids is 2. The van der Waals surface area contributed by atoms with Gasteiger partial charge in [0.1, 0.15) is 5.69 Å². The van der Waals surface area contributed by atoms with Gasteiger partial charge in [0.2, 0.25) is 5.91 Å². The van der Waals surface area contributed by atoms with E-state index in [1.165, 1.54) is 11.3 Å². The van der Waals surface area contributed by atoms with Gasteiger partial charge < -0.3 is 15.1 Å². The number of nitrogens with two attached hydrogens (primary N) is 1. The highest BCUT2D eigenvalue weighted by atomic mass is 32.1. The molecule has 0 saturated heterocycles. The summed E-state index contributed by atoms with van der Waals surface area (Å²) in [7, 11) is 0. The predicted molar refractivity (Wildman–Crippen MR) is 82.3 cm³/mol. The van der Waals surface area contributed by atoms with E-state index < -0.39 is 5.91 Å². The SMILES string of the molecule is NC(=O)CN(C(=O)c1csc(-c2ccco2)n1)C1CCCC1. The number of furan rings is 1. The quantitative estimate of drug-likeness (QED) is 0.915. The molecule has 2 amide bonds. The fourth-order valence-corrected chi connectivity index (χ4v) is 3.54. The van der Waals surface area contributed by atoms with E-state index in [0.717, 1.165) is 25.7 Å². The minimum atomic E-state index is -0.498. The number of carbonyl (C=O) groups is 2. The van der Waals surface area contributed by atoms with Crippen molar-refractivity contribution < 1.29 is 14.0 Å². The summed E-state index contributed by atoms with van der Waals surface area (Å²) in [6.07, 6.45) is 5.53. The molecule has 2 heterocycles. The minimum absolute atomic E-state index is 0.0584. The second kappa shape index (κ2) is 6.31. The molecule has 0 spiro atoms. The first-order chi connectivity index (χ1) is 10.6. The van der Waals surface area contributed by atoms with Crippen LogP contribution >= 0.6 is 11.3 Å². The lowest BCUT2D eigenvalue weighted by Gasteiger charge is -2.26. The van der Waals surface area contributed by atoms with Gasteiger partial charge in [-0.05, 0) is 25.0 Å². The number of amides is 2. The number of rotatable bonds is 5. The Morgan fingerprint density at radius 3 is 2.82 bits per heavy atom. The van der Waals surface area contributed by atoms with Crippen LogP contribution in [0.4, 0.5) is 0 Å². The van der Waals surface area contributed by atoms with Gasteiger partial charge in [-0.1, -0.05) is 12.8 Å². The molecule has 1 fully saturated rings. The summed E-state index contributed by atoms with van der Waals surface area (Å²) in [5.41, 5.74) is 5.63. The van der Waals surface area contributed by atoms with E-state index in [9.17, 15) is 9.59 Å². The molecule has 2 N–H and O–H groups in total. The van der Waals surface area contributed by atoms with Crippen molar-refractivity contribution in [3.05, 3.63) is 29.5 Å². The number of primary amides is 1. The van der Waals surface area contributed by atoms with Crippen LogP contribution in [0.3, 0.4) is 0 Å². The monoisotopic (exact) mass is 319 g/mol. The van der Waals surface area contributed by atoms with Crippen molar-refractivity contribution in [2.24, 2.45) is 5.73 Å². The molecule has 7 heteroatoms. The van der Waals surface area contributed by atoms with E-state index in [2.05, 4.69) is 4.98 Å². The van der Waals surface area contributed by atoms with Gasteiger partial charge in [0.25, 0.3) is 5.91 Å². The molecule has 3 rings (SSSR count). The van der Waals surface area contributed by atoms with Crippen molar-refractivity contribution in [3.63, 3.8) is 0 Å². The van der Waals surface area contributed by atoms with Gasteiger partial charge in [-0.25, -0.2) is 4.98 Å². The minimum Gasteiger partial charge on any atom is -0.462 e. The van der Waals surface area contributed by atoms with E-state index in [0.29, 0.717) is 16.5 Å². The molecular weight excluding hydrogens is 302 g/mol. The van der Waals surface area contributed by atoms with Gasteiger partial charge in [0.05, 0.1) is 12.8 Å². The van der Waals surface area contributed by atoms with Gasteiger partial charge in [0, 0.05) is 11.4 Å². The number of hydrogen-bond donors (Lipinski definition) is 1. The van der Waals surface area contributed by atoms with Crippen molar-refractivity contribution >= 4 is 23.2 Å². The Balaban J connectivity index is 1.81. The summed E-state index contributed by atoms with van der Waals surface area (Å²) in [4.78, 5) is 29.9. The van der Waals surface area contributed by atoms with Gasteiger partial charge in [0.15, 0.2) is 10.8 Å². The Bertz CT molecular complexity index is 659. The van der Waals surface area contributed by atoms with Crippen molar-refractivity contribution in [1.82, 2.24) is 9.88 Å². The summed E-state index contributed by atoms with van der Waals surface area (Å²) in [6, 6.07) is 3.65. The maximum Gasteiger partial charge on any atom is 0.274 e. The van der Waals surface area contributed by atoms with Crippen LogP contribution in [0, 0.1) is 0 Å². The summed E-state index contributed by atoms with van der Waals surface area (Å²) in [5, 5.41) is 2.35. The molecule has 2 aromatic heterocycles. The molecule has 1 saturated carbocycles. The molecular formula is C15H17N3O3S. The van der Waals surface area contributed by atoms with Gasteiger partial charge in [-0.2, -0.15) is 0 Å². The van der Waals surface area contributed by atoms with Gasteiger partial charge >= 0.3 is 0 Å². The number of aromatic nitrogens is 1. The fourth-order valence-electron chi connectivity index (χ4n) is 2.78. The largest absolute Gasteiger partial charge is 0.462 e. The smallest absolute Gasteiger partial charge is 0.274 e. The first-order valence-corrected chi connectivity index (χ1v) is 8.12. The molecule has 1 aliphatic carbocycles. The second-order valence-corrected chi connectivity index (χ2v) is 6.21. The van der Waals surface area contributed by atoms with Crippen LogP contribution in [0.25, 0.3) is 10.8 Å². The molecule has 0 atom stereocenters. The Kier molecular flexibility index (Phi) is 4.24. The molecule has 22 heavy (non-hydrogen) atoms. The highest BCUT2D eigenvalue weighted by Gasteiger charge is 2.30. The van der Waals surface area contributed by atoms with Crippen LogP contribution < -0.4 is 5.73 Å². The lowest BCUT2D eigenvalue weighted by Crippen LogP contribution is -2.44. The summed E-state index contributed by atoms with van der Waals surface area (Å²) < 4.78 is 5.29. The lowest BCUT2D eigenvalue weighted by molar-refractivity contribution is -0.119. The van der Waals surface area contributed by atoms with E-state index >= 15 is 0 Å². The standard InChI is InChI=1S/C15H17N3O3S/c16-13(19)8-18(10-4-1-2-5-10)15(20)11-9-22-14(17-11)12-6-3-7-21-12/h3,6-7,9-10H,1-2,4-5,8H2,(H2,16,19). The highest BCUT2D eigenvalue weighted by Crippen LogP contribution is 2.27. The summed E-state index contributed by atoms with van der Waals surface area (Å²) in [6.45, 7) is -0.0584. The first kappa shape index (κ1) is 14.8. The van der Waals surface area contributed by atoms with Crippen LogP contribution in [-0.4, -0.2) is 34.3 Å². The maximum atomic E-state index is 12.7. The Hall–Kier alpha value is -2.15. The molecule has 0 unspecified atom stereocenters. The van der Waals surface area contributed by atoms with Crippen molar-refractivity contribution in [2.45, 2.75) is 31.7 Å². The fraction of sp³-hybridized carbons (Fsp3) is 0.400. The van der Waals surface area contributed by atoms with Crippen LogP contribution in [-0.2, 0) is 4.79 Å². The van der Waals surface area contributed by atoms with Crippen LogP contribution in [0.5, 0.6) is 0 Å². The summed E-state index contributed by atoms with van der Waals surface area (Å²) >= 11 is 1.35. The zero-order valence-corrected chi connectivity index (χ0v) is 12.8. The average molecular weight is 319 g/mol. The molecule has 0 bridgehead atoms. The lowest BCUT2D eigenvalue weighted by atomic mass is 10.2. The van der Waals surface area contributed by atoms with Gasteiger partial charge in [-0.3, -0.25) is 9.59 Å². The normalized spacial score (nSPS) is 15.1. The summed E-state index contributed by atoms with van der Waals surface area (Å²) in [5.74, 6) is -0.104. The van der Waals surface area contributed by atoms with Gasteiger partial charge in [-0.15, -0.1) is 11.3 Å². The van der Waals surface area contributed by atoms with Crippen molar-refractivity contribution in [2.75, 3.05) is 6.54 Å². The third-order valence-corrected chi connectivity index (χ3v) is 4.66. The zero-order chi connectivity index (χ0) is 15.5. The zero-order valence-electron chi connectivity index (χ0n) is 12.0. The molecule has 0 radical (unpaired) electrons. The Morgan fingerprint density at radius 1 is 1.41 bits per heavy atom. The number of hydrogen-bond acceptors (Lipinski definition) is 5. The molecule has 0 aromatic carbocycles. The highest BCUT2D eigenvalue weighted by molar-refractivity contribution is 7.13. The molecule has 0 aliphatic heterocycles. The van der Waals surface area contributed by atoms with E-state index in [-0.39, 0.29) is 18.5 Å². The predicted octanol–water partition coefficient (Wildman–Crippen LogP) is 2.27.